The quantitative estimate of drug-likeness (QED) is 0.828. The van der Waals surface area contributed by atoms with E-state index in [0.717, 1.165) is 24.0 Å². The maximum Gasteiger partial charge on any atom is 0.121 e. The van der Waals surface area contributed by atoms with Crippen molar-refractivity contribution in [1.82, 2.24) is 0 Å². The van der Waals surface area contributed by atoms with Gasteiger partial charge in [0, 0.05) is 11.4 Å². The van der Waals surface area contributed by atoms with Gasteiger partial charge in [-0.3, -0.25) is 0 Å². The van der Waals surface area contributed by atoms with Crippen molar-refractivity contribution in [3.05, 3.63) is 28.8 Å². The van der Waals surface area contributed by atoms with Gasteiger partial charge in [0.15, 0.2) is 0 Å². The Labute approximate surface area is 99.6 Å². The highest BCUT2D eigenvalue weighted by atomic mass is 79.9. The Morgan fingerprint density at radius 1 is 1.40 bits per heavy atom. The first kappa shape index (κ1) is 12.5. The number of benzene rings is 1. The normalized spacial score (nSPS) is 12.8. The third-order valence-electron chi connectivity index (χ3n) is 2.51. The summed E-state index contributed by atoms with van der Waals surface area (Å²) in [6.07, 6.45) is 1.81. The Balaban J connectivity index is 2.76. The van der Waals surface area contributed by atoms with E-state index in [0.29, 0.717) is 17.1 Å². The Hall–Kier alpha value is -0.540. The van der Waals surface area contributed by atoms with Crippen LogP contribution in [0.1, 0.15) is 23.1 Å². The van der Waals surface area contributed by atoms with E-state index in [1.807, 2.05) is 26.0 Å². The zero-order chi connectivity index (χ0) is 11.4. The van der Waals surface area contributed by atoms with Crippen LogP contribution >= 0.6 is 15.9 Å². The summed E-state index contributed by atoms with van der Waals surface area (Å²) in [5.41, 5.74) is 8.69. The molecule has 0 fully saturated rings. The molecule has 2 nitrogen and oxygen atoms in total. The van der Waals surface area contributed by atoms with Crippen molar-refractivity contribution in [3.63, 3.8) is 0 Å². The molecule has 3 N–H and O–H groups in total. The molecule has 0 radical (unpaired) electrons. The maximum absolute atomic E-state index is 9.86. The van der Waals surface area contributed by atoms with Crippen molar-refractivity contribution in [1.29, 1.82) is 0 Å². The van der Waals surface area contributed by atoms with E-state index < -0.39 is 0 Å². The summed E-state index contributed by atoms with van der Waals surface area (Å²) < 4.78 is 0. The van der Waals surface area contributed by atoms with E-state index >= 15 is 0 Å². The summed E-state index contributed by atoms with van der Waals surface area (Å²) in [5.74, 6) is 0.428. The predicted molar refractivity (Wildman–Crippen MR) is 67.7 cm³/mol. The third-order valence-corrected chi connectivity index (χ3v) is 3.34. The van der Waals surface area contributed by atoms with Crippen LogP contribution in [-0.2, 0) is 6.42 Å². The molecule has 0 aliphatic rings. The molecule has 0 amide bonds. The fraction of sp³-hybridized carbons (Fsp3) is 0.500. The molecule has 0 aromatic heterocycles. The van der Waals surface area contributed by atoms with Crippen molar-refractivity contribution in [2.45, 2.75) is 31.5 Å². The highest BCUT2D eigenvalue weighted by molar-refractivity contribution is 9.09. The minimum absolute atomic E-state index is 0.331. The number of hydrogen-bond acceptors (Lipinski definition) is 2. The lowest BCUT2D eigenvalue weighted by Gasteiger charge is -2.10. The molecule has 0 bridgehead atoms. The molecule has 3 heteroatoms. The number of aromatic hydroxyl groups is 1. The van der Waals surface area contributed by atoms with E-state index in [-0.39, 0.29) is 0 Å². The molecule has 0 aliphatic heterocycles. The zero-order valence-electron chi connectivity index (χ0n) is 9.26. The molecule has 0 saturated carbocycles. The van der Waals surface area contributed by atoms with Crippen LogP contribution in [0, 0.1) is 13.8 Å². The van der Waals surface area contributed by atoms with Crippen LogP contribution in [0.15, 0.2) is 12.1 Å². The van der Waals surface area contributed by atoms with Gasteiger partial charge in [-0.2, -0.15) is 0 Å². The number of phenolic OH excluding ortho intramolecular Hbond substituents is 1. The van der Waals surface area contributed by atoms with Gasteiger partial charge in [-0.05, 0) is 37.8 Å². The third kappa shape index (κ3) is 3.50. The van der Waals surface area contributed by atoms with Crippen LogP contribution in [0.3, 0.4) is 0 Å². The molecule has 1 unspecified atom stereocenters. The van der Waals surface area contributed by atoms with Crippen molar-refractivity contribution < 1.29 is 5.11 Å². The minimum Gasteiger partial charge on any atom is -0.507 e. The van der Waals surface area contributed by atoms with Crippen LogP contribution in [0.4, 0.5) is 0 Å². The molecule has 0 spiro atoms. The van der Waals surface area contributed by atoms with Gasteiger partial charge in [0.25, 0.3) is 0 Å². The molecule has 15 heavy (non-hydrogen) atoms. The zero-order valence-corrected chi connectivity index (χ0v) is 10.8. The molecule has 1 rings (SSSR count). The molecule has 1 aromatic rings. The Bertz CT molecular complexity index is 339. The highest BCUT2D eigenvalue weighted by Gasteiger charge is 2.08. The van der Waals surface area contributed by atoms with Gasteiger partial charge in [-0.25, -0.2) is 0 Å². The van der Waals surface area contributed by atoms with Crippen molar-refractivity contribution in [2.24, 2.45) is 5.73 Å². The summed E-state index contributed by atoms with van der Waals surface area (Å²) in [6.45, 7) is 4.61. The minimum atomic E-state index is 0.331. The highest BCUT2D eigenvalue weighted by Crippen LogP contribution is 2.25. The summed E-state index contributed by atoms with van der Waals surface area (Å²) >= 11 is 3.49. The van der Waals surface area contributed by atoms with Crippen LogP contribution < -0.4 is 5.73 Å². The first-order valence-corrected chi connectivity index (χ1v) is 6.09. The Kier molecular flexibility index (Phi) is 4.61. The second-order valence-electron chi connectivity index (χ2n) is 3.96. The van der Waals surface area contributed by atoms with Crippen molar-refractivity contribution in [2.75, 3.05) is 6.54 Å². The molecular weight excluding hydrogens is 254 g/mol. The largest absolute Gasteiger partial charge is 0.507 e. The average molecular weight is 272 g/mol. The molecule has 1 aromatic carbocycles. The van der Waals surface area contributed by atoms with Gasteiger partial charge in [-0.1, -0.05) is 33.6 Å². The Morgan fingerprint density at radius 2 is 2.07 bits per heavy atom. The van der Waals surface area contributed by atoms with Crippen molar-refractivity contribution >= 4 is 15.9 Å². The number of hydrogen-bond donors (Lipinski definition) is 2. The van der Waals surface area contributed by atoms with E-state index in [2.05, 4.69) is 15.9 Å². The van der Waals surface area contributed by atoms with Gasteiger partial charge < -0.3 is 10.8 Å². The second-order valence-corrected chi connectivity index (χ2v) is 5.26. The Morgan fingerprint density at radius 3 is 2.67 bits per heavy atom. The van der Waals surface area contributed by atoms with Gasteiger partial charge in [0.1, 0.15) is 5.75 Å². The molecule has 1 atom stereocenters. The van der Waals surface area contributed by atoms with Gasteiger partial charge in [-0.15, -0.1) is 0 Å². The lowest BCUT2D eigenvalue weighted by Crippen LogP contribution is -2.14. The number of aryl methyl sites for hydroxylation is 3. The molecule has 0 heterocycles. The summed E-state index contributed by atoms with van der Waals surface area (Å²) in [5, 5.41) is 9.86. The SMILES string of the molecule is Cc1cc(C)c(O)c(CCC(Br)CN)c1. The fourth-order valence-corrected chi connectivity index (χ4v) is 1.90. The van der Waals surface area contributed by atoms with Crippen LogP contribution in [0.2, 0.25) is 0 Å². The number of rotatable bonds is 4. The average Bonchev–Trinajstić information content (AvgIpc) is 2.20. The van der Waals surface area contributed by atoms with Gasteiger partial charge in [0.05, 0.1) is 0 Å². The number of nitrogens with two attached hydrogens (primary N) is 1. The first-order chi connectivity index (χ1) is 7.04. The van der Waals surface area contributed by atoms with E-state index in [1.54, 1.807) is 0 Å². The number of alkyl halides is 1. The lowest BCUT2D eigenvalue weighted by atomic mass is 10.0. The monoisotopic (exact) mass is 271 g/mol. The number of phenols is 1. The topological polar surface area (TPSA) is 46.2 Å². The first-order valence-electron chi connectivity index (χ1n) is 5.17. The van der Waals surface area contributed by atoms with Gasteiger partial charge in [0.2, 0.25) is 0 Å². The van der Waals surface area contributed by atoms with Gasteiger partial charge >= 0.3 is 0 Å². The summed E-state index contributed by atoms with van der Waals surface area (Å²) in [4.78, 5) is 0.331. The van der Waals surface area contributed by atoms with Crippen LogP contribution in [-0.4, -0.2) is 16.5 Å². The molecule has 84 valence electrons. The molecule has 0 aliphatic carbocycles. The summed E-state index contributed by atoms with van der Waals surface area (Å²) in [6, 6.07) is 4.03. The smallest absolute Gasteiger partial charge is 0.121 e. The second kappa shape index (κ2) is 5.52. The predicted octanol–water partition coefficient (Wildman–Crippen LogP) is 2.66. The molecule has 0 saturated heterocycles. The van der Waals surface area contributed by atoms with E-state index in [9.17, 15) is 5.11 Å². The van der Waals surface area contributed by atoms with Crippen LogP contribution in [0.5, 0.6) is 5.75 Å². The molecular formula is C12H18BrNO. The fourth-order valence-electron chi connectivity index (χ4n) is 1.67. The van der Waals surface area contributed by atoms with Crippen molar-refractivity contribution in [3.8, 4) is 5.75 Å². The van der Waals surface area contributed by atoms with E-state index in [4.69, 9.17) is 5.73 Å². The maximum atomic E-state index is 9.86. The van der Waals surface area contributed by atoms with Crippen LogP contribution in [0.25, 0.3) is 0 Å². The van der Waals surface area contributed by atoms with E-state index in [1.165, 1.54) is 5.56 Å². The lowest BCUT2D eigenvalue weighted by molar-refractivity contribution is 0.462. The summed E-state index contributed by atoms with van der Waals surface area (Å²) in [7, 11) is 0. The standard InChI is InChI=1S/C12H18BrNO/c1-8-5-9(2)12(15)10(6-8)3-4-11(13)7-14/h5-6,11,15H,3-4,7,14H2,1-2H3. The number of halogens is 1.